The van der Waals surface area contributed by atoms with E-state index >= 15 is 0 Å². The molecule has 0 aromatic heterocycles. The van der Waals surface area contributed by atoms with Crippen molar-refractivity contribution in [1.82, 2.24) is 0 Å². The zero-order chi connectivity index (χ0) is 14.9. The quantitative estimate of drug-likeness (QED) is 0.740. The van der Waals surface area contributed by atoms with E-state index < -0.39 is 5.82 Å². The Hall–Kier alpha value is -1.67. The van der Waals surface area contributed by atoms with Crippen molar-refractivity contribution in [3.8, 4) is 0 Å². The maximum atomic E-state index is 13.8. The third-order valence-corrected chi connectivity index (χ3v) is 3.82. The third-order valence-electron chi connectivity index (χ3n) is 3.52. The van der Waals surface area contributed by atoms with Crippen molar-refractivity contribution in [2.75, 3.05) is 0 Å². The first-order chi connectivity index (χ1) is 9.40. The maximum absolute atomic E-state index is 13.8. The summed E-state index contributed by atoms with van der Waals surface area (Å²) >= 11 is 5.73. The van der Waals surface area contributed by atoms with Gasteiger partial charge in [-0.25, -0.2) is 4.39 Å². The molecule has 0 unspecified atom stereocenters. The zero-order valence-electron chi connectivity index (χ0n) is 11.8. The van der Waals surface area contributed by atoms with Crippen molar-refractivity contribution < 1.29 is 9.18 Å². The molecular weight excluding hydrogens is 275 g/mol. The molecule has 2 aromatic carbocycles. The van der Waals surface area contributed by atoms with E-state index in [1.807, 2.05) is 32.9 Å². The van der Waals surface area contributed by atoms with Gasteiger partial charge in [0.25, 0.3) is 0 Å². The van der Waals surface area contributed by atoms with Gasteiger partial charge in [0, 0.05) is 12.0 Å². The Labute approximate surface area is 123 Å². The molecular formula is C17H16ClFO. The summed E-state index contributed by atoms with van der Waals surface area (Å²) in [4.78, 5) is 12.4. The Morgan fingerprint density at radius 1 is 1.10 bits per heavy atom. The van der Waals surface area contributed by atoms with Gasteiger partial charge in [-0.15, -0.1) is 0 Å². The van der Waals surface area contributed by atoms with Gasteiger partial charge < -0.3 is 0 Å². The van der Waals surface area contributed by atoms with Crippen molar-refractivity contribution in [3.05, 3.63) is 69.0 Å². The van der Waals surface area contributed by atoms with Crippen LogP contribution < -0.4 is 0 Å². The number of ketones is 1. The molecule has 0 saturated heterocycles. The average Bonchev–Trinajstić information content (AvgIpc) is 2.39. The molecule has 0 heterocycles. The Morgan fingerprint density at radius 2 is 1.75 bits per heavy atom. The summed E-state index contributed by atoms with van der Waals surface area (Å²) in [6.45, 7) is 5.87. The van der Waals surface area contributed by atoms with Crippen LogP contribution in [-0.4, -0.2) is 5.78 Å². The first-order valence-electron chi connectivity index (χ1n) is 6.44. The van der Waals surface area contributed by atoms with E-state index in [-0.39, 0.29) is 17.2 Å². The molecule has 0 fully saturated rings. The summed E-state index contributed by atoms with van der Waals surface area (Å²) in [5, 5.41) is 0.0482. The van der Waals surface area contributed by atoms with Crippen molar-refractivity contribution in [3.63, 3.8) is 0 Å². The average molecular weight is 291 g/mol. The monoisotopic (exact) mass is 290 g/mol. The lowest BCUT2D eigenvalue weighted by Crippen LogP contribution is -2.08. The Kier molecular flexibility index (Phi) is 4.24. The van der Waals surface area contributed by atoms with Gasteiger partial charge in [0.15, 0.2) is 5.78 Å². The van der Waals surface area contributed by atoms with Crippen LogP contribution in [0, 0.1) is 26.6 Å². The summed E-state index contributed by atoms with van der Waals surface area (Å²) in [6.07, 6.45) is 0.0235. The predicted octanol–water partition coefficient (Wildman–Crippen LogP) is 4.83. The van der Waals surface area contributed by atoms with E-state index in [9.17, 15) is 9.18 Å². The lowest BCUT2D eigenvalue weighted by Gasteiger charge is -2.10. The smallest absolute Gasteiger partial charge is 0.167 e. The normalized spacial score (nSPS) is 10.7. The molecule has 0 radical (unpaired) electrons. The molecule has 2 rings (SSSR count). The van der Waals surface area contributed by atoms with Crippen LogP contribution in [0.2, 0.25) is 5.02 Å². The van der Waals surface area contributed by atoms with E-state index in [1.165, 1.54) is 6.07 Å². The minimum atomic E-state index is -0.510. The molecule has 0 aliphatic heterocycles. The van der Waals surface area contributed by atoms with E-state index in [1.54, 1.807) is 12.1 Å². The predicted molar refractivity (Wildman–Crippen MR) is 80.1 cm³/mol. The van der Waals surface area contributed by atoms with Gasteiger partial charge in [0.05, 0.1) is 5.02 Å². The molecule has 0 aliphatic rings. The van der Waals surface area contributed by atoms with Crippen molar-refractivity contribution in [1.29, 1.82) is 0 Å². The molecule has 0 amide bonds. The lowest BCUT2D eigenvalue weighted by atomic mass is 9.95. The maximum Gasteiger partial charge on any atom is 0.167 e. The zero-order valence-corrected chi connectivity index (χ0v) is 12.5. The van der Waals surface area contributed by atoms with Crippen molar-refractivity contribution >= 4 is 17.4 Å². The SMILES string of the molecule is Cc1cc(C)c(C(=O)Cc2cccc(Cl)c2F)cc1C. The molecule has 104 valence electrons. The number of hydrogen-bond donors (Lipinski definition) is 0. The highest BCUT2D eigenvalue weighted by atomic mass is 35.5. The van der Waals surface area contributed by atoms with Crippen LogP contribution in [0.4, 0.5) is 4.39 Å². The van der Waals surface area contributed by atoms with Crippen molar-refractivity contribution in [2.45, 2.75) is 27.2 Å². The number of Topliss-reactive ketones (excluding diaryl/α,β-unsaturated/α-hetero) is 1. The number of carbonyl (C=O) groups excluding carboxylic acids is 1. The molecule has 2 aromatic rings. The van der Waals surface area contributed by atoms with Gasteiger partial charge in [0.1, 0.15) is 5.82 Å². The van der Waals surface area contributed by atoms with Crippen molar-refractivity contribution in [2.24, 2.45) is 0 Å². The number of aryl methyl sites for hydroxylation is 3. The second kappa shape index (κ2) is 5.76. The van der Waals surface area contributed by atoms with Crippen LogP contribution >= 0.6 is 11.6 Å². The topological polar surface area (TPSA) is 17.1 Å². The Morgan fingerprint density at radius 3 is 2.45 bits per heavy atom. The summed E-state index contributed by atoms with van der Waals surface area (Å²) in [6, 6.07) is 8.58. The Bertz CT molecular complexity index is 677. The van der Waals surface area contributed by atoms with Gasteiger partial charge in [-0.1, -0.05) is 29.8 Å². The van der Waals surface area contributed by atoms with Crippen LogP contribution in [0.5, 0.6) is 0 Å². The fourth-order valence-electron chi connectivity index (χ4n) is 2.21. The molecule has 1 nitrogen and oxygen atoms in total. The molecule has 0 atom stereocenters. The molecule has 0 saturated carbocycles. The Balaban J connectivity index is 2.33. The molecule has 0 N–H and O–H groups in total. The second-order valence-electron chi connectivity index (χ2n) is 5.06. The minimum Gasteiger partial charge on any atom is -0.294 e. The molecule has 0 bridgehead atoms. The number of rotatable bonds is 3. The highest BCUT2D eigenvalue weighted by Crippen LogP contribution is 2.21. The number of halogens is 2. The van der Waals surface area contributed by atoms with Gasteiger partial charge in [-0.2, -0.15) is 0 Å². The highest BCUT2D eigenvalue weighted by Gasteiger charge is 2.15. The molecule has 0 spiro atoms. The van der Waals surface area contributed by atoms with Gasteiger partial charge in [-0.3, -0.25) is 4.79 Å². The van der Waals surface area contributed by atoms with E-state index in [0.29, 0.717) is 11.1 Å². The van der Waals surface area contributed by atoms with Crippen LogP contribution in [-0.2, 0) is 6.42 Å². The summed E-state index contributed by atoms with van der Waals surface area (Å²) in [5.41, 5.74) is 4.10. The number of hydrogen-bond acceptors (Lipinski definition) is 1. The number of carbonyl (C=O) groups is 1. The minimum absolute atomic E-state index is 0.0235. The fraction of sp³-hybridized carbons (Fsp3) is 0.235. The van der Waals surface area contributed by atoms with E-state index in [0.717, 1.165) is 16.7 Å². The van der Waals surface area contributed by atoms with Gasteiger partial charge in [-0.05, 0) is 55.2 Å². The molecule has 20 heavy (non-hydrogen) atoms. The standard InChI is InChI=1S/C17H16ClFO/c1-10-7-12(3)14(8-11(10)2)16(20)9-13-5-4-6-15(18)17(13)19/h4-8H,9H2,1-3H3. The molecule has 3 heteroatoms. The van der Waals surface area contributed by atoms with E-state index in [4.69, 9.17) is 11.6 Å². The first-order valence-corrected chi connectivity index (χ1v) is 6.82. The van der Waals surface area contributed by atoms with Crippen LogP contribution in [0.1, 0.15) is 32.6 Å². The largest absolute Gasteiger partial charge is 0.294 e. The van der Waals surface area contributed by atoms with Crippen LogP contribution in [0.15, 0.2) is 30.3 Å². The summed E-state index contributed by atoms with van der Waals surface area (Å²) < 4.78 is 13.8. The summed E-state index contributed by atoms with van der Waals surface area (Å²) in [7, 11) is 0. The van der Waals surface area contributed by atoms with Crippen LogP contribution in [0.25, 0.3) is 0 Å². The molecule has 0 aliphatic carbocycles. The highest BCUT2D eigenvalue weighted by molar-refractivity contribution is 6.30. The van der Waals surface area contributed by atoms with Crippen LogP contribution in [0.3, 0.4) is 0 Å². The van der Waals surface area contributed by atoms with Gasteiger partial charge >= 0.3 is 0 Å². The fourth-order valence-corrected chi connectivity index (χ4v) is 2.41. The number of benzene rings is 2. The second-order valence-corrected chi connectivity index (χ2v) is 5.47. The van der Waals surface area contributed by atoms with E-state index in [2.05, 4.69) is 0 Å². The summed E-state index contributed by atoms with van der Waals surface area (Å²) in [5.74, 6) is -0.601. The first kappa shape index (κ1) is 14.7. The third kappa shape index (κ3) is 2.91. The van der Waals surface area contributed by atoms with Gasteiger partial charge in [0.2, 0.25) is 0 Å². The lowest BCUT2D eigenvalue weighted by molar-refractivity contribution is 0.0991.